The first kappa shape index (κ1) is 16.5. The Kier molecular flexibility index (Phi) is 4.53. The molecule has 0 atom stereocenters. The van der Waals surface area contributed by atoms with Crippen LogP contribution in [-0.4, -0.2) is 28.7 Å². The van der Waals surface area contributed by atoms with Crippen molar-refractivity contribution in [3.63, 3.8) is 0 Å². The van der Waals surface area contributed by atoms with E-state index in [4.69, 9.17) is 9.47 Å². The molecule has 2 heterocycles. The first-order valence-corrected chi connectivity index (χ1v) is 8.98. The second kappa shape index (κ2) is 7.13. The molecule has 1 aromatic heterocycles. The highest BCUT2D eigenvalue weighted by molar-refractivity contribution is 7.99. The quantitative estimate of drug-likeness (QED) is 0.763. The fourth-order valence-electron chi connectivity index (χ4n) is 2.65. The Balaban J connectivity index is 1.60. The summed E-state index contributed by atoms with van der Waals surface area (Å²) in [6.07, 6.45) is 3.63. The zero-order valence-electron chi connectivity index (χ0n) is 14.1. The van der Waals surface area contributed by atoms with Crippen LogP contribution in [0.3, 0.4) is 0 Å². The largest absolute Gasteiger partial charge is 0.486 e. The Morgan fingerprint density at radius 2 is 2.00 bits per heavy atom. The van der Waals surface area contributed by atoms with E-state index < -0.39 is 0 Å². The summed E-state index contributed by atoms with van der Waals surface area (Å²) in [5.74, 6) is 0.852. The number of anilines is 1. The fourth-order valence-corrected chi connectivity index (χ4v) is 3.54. The molecule has 0 radical (unpaired) electrons. The second-order valence-corrected chi connectivity index (χ2v) is 6.71. The summed E-state index contributed by atoms with van der Waals surface area (Å²) in [4.78, 5) is 18.1. The smallest absolute Gasteiger partial charge is 0.259 e. The van der Waals surface area contributed by atoms with Crippen molar-refractivity contribution >= 4 is 23.4 Å². The van der Waals surface area contributed by atoms with Crippen LogP contribution in [-0.2, 0) is 7.05 Å². The predicted molar refractivity (Wildman–Crippen MR) is 99.2 cm³/mol. The molecule has 26 heavy (non-hydrogen) atoms. The summed E-state index contributed by atoms with van der Waals surface area (Å²) in [5, 5.41) is 3.82. The van der Waals surface area contributed by atoms with Crippen molar-refractivity contribution in [2.75, 3.05) is 18.5 Å². The van der Waals surface area contributed by atoms with Gasteiger partial charge in [0.1, 0.15) is 13.2 Å². The van der Waals surface area contributed by atoms with Gasteiger partial charge in [0.25, 0.3) is 5.91 Å². The van der Waals surface area contributed by atoms with Crippen LogP contribution in [0.15, 0.2) is 64.9 Å². The molecule has 3 aromatic rings. The lowest BCUT2D eigenvalue weighted by Crippen LogP contribution is -2.20. The van der Waals surface area contributed by atoms with Crippen molar-refractivity contribution < 1.29 is 14.3 Å². The summed E-state index contributed by atoms with van der Waals surface area (Å²) in [7, 11) is 1.93. The van der Waals surface area contributed by atoms with E-state index in [0.29, 0.717) is 30.3 Å². The van der Waals surface area contributed by atoms with E-state index in [9.17, 15) is 4.79 Å². The van der Waals surface area contributed by atoms with E-state index in [1.54, 1.807) is 24.4 Å². The lowest BCUT2D eigenvalue weighted by atomic mass is 10.1. The van der Waals surface area contributed by atoms with Gasteiger partial charge in [-0.15, -0.1) is 0 Å². The summed E-state index contributed by atoms with van der Waals surface area (Å²) in [6.45, 7) is 0.921. The van der Waals surface area contributed by atoms with Crippen molar-refractivity contribution in [1.29, 1.82) is 0 Å². The van der Waals surface area contributed by atoms with E-state index in [-0.39, 0.29) is 5.91 Å². The Bertz CT molecular complexity index is 955. The number of aryl methyl sites for hydroxylation is 1. The van der Waals surface area contributed by atoms with Gasteiger partial charge in [0.05, 0.1) is 11.3 Å². The summed E-state index contributed by atoms with van der Waals surface area (Å²) >= 11 is 1.49. The summed E-state index contributed by atoms with van der Waals surface area (Å²) < 4.78 is 13.1. The molecule has 0 spiro atoms. The molecule has 6 nitrogen and oxygen atoms in total. The zero-order chi connectivity index (χ0) is 17.9. The van der Waals surface area contributed by atoms with Gasteiger partial charge in [-0.05, 0) is 36.0 Å². The van der Waals surface area contributed by atoms with Crippen LogP contribution in [0.25, 0.3) is 0 Å². The van der Waals surface area contributed by atoms with Gasteiger partial charge in [0.2, 0.25) is 0 Å². The van der Waals surface area contributed by atoms with Crippen molar-refractivity contribution in [2.45, 2.75) is 10.1 Å². The maximum atomic E-state index is 12.8. The summed E-state index contributed by atoms with van der Waals surface area (Å²) in [5.41, 5.74) is 1.18. The Morgan fingerprint density at radius 3 is 2.85 bits per heavy atom. The molecule has 2 aromatic carbocycles. The van der Waals surface area contributed by atoms with Crippen LogP contribution in [0.4, 0.5) is 5.69 Å². The number of ether oxygens (including phenoxy) is 2. The average Bonchev–Trinajstić information content (AvgIpc) is 3.07. The van der Waals surface area contributed by atoms with Gasteiger partial charge in [0, 0.05) is 24.3 Å². The Labute approximate surface area is 155 Å². The molecule has 0 bridgehead atoms. The lowest BCUT2D eigenvalue weighted by Gasteiger charge is -2.20. The first-order valence-electron chi connectivity index (χ1n) is 8.16. The number of carbonyl (C=O) groups excluding carboxylic acids is 1. The molecule has 0 saturated heterocycles. The maximum absolute atomic E-state index is 12.8. The van der Waals surface area contributed by atoms with E-state index in [1.165, 1.54) is 11.8 Å². The van der Waals surface area contributed by atoms with E-state index in [1.807, 2.05) is 42.1 Å². The van der Waals surface area contributed by atoms with Crippen molar-refractivity contribution in [3.05, 3.63) is 60.4 Å². The van der Waals surface area contributed by atoms with Crippen LogP contribution in [0, 0.1) is 0 Å². The van der Waals surface area contributed by atoms with Crippen LogP contribution in [0.5, 0.6) is 11.5 Å². The van der Waals surface area contributed by atoms with E-state index in [2.05, 4.69) is 10.3 Å². The van der Waals surface area contributed by atoms with Crippen LogP contribution in [0.1, 0.15) is 10.4 Å². The zero-order valence-corrected chi connectivity index (χ0v) is 15.0. The van der Waals surface area contributed by atoms with Crippen LogP contribution >= 0.6 is 11.8 Å². The van der Waals surface area contributed by atoms with Crippen LogP contribution < -0.4 is 14.8 Å². The molecule has 1 aliphatic rings. The van der Waals surface area contributed by atoms with Gasteiger partial charge in [-0.3, -0.25) is 4.79 Å². The number of nitrogens with one attached hydrogen (secondary N) is 1. The van der Waals surface area contributed by atoms with E-state index >= 15 is 0 Å². The molecule has 0 aliphatic carbocycles. The molecule has 1 amide bonds. The average molecular weight is 367 g/mol. The molecule has 1 N–H and O–H groups in total. The number of hydrogen-bond acceptors (Lipinski definition) is 5. The van der Waals surface area contributed by atoms with E-state index in [0.717, 1.165) is 15.7 Å². The number of imidazole rings is 1. The van der Waals surface area contributed by atoms with Crippen LogP contribution in [0.2, 0.25) is 0 Å². The normalized spacial score (nSPS) is 12.7. The predicted octanol–water partition coefficient (Wildman–Crippen LogP) is 3.59. The number of carbonyl (C=O) groups is 1. The second-order valence-electron chi connectivity index (χ2n) is 5.70. The number of rotatable bonds is 4. The minimum Gasteiger partial charge on any atom is -0.486 e. The SMILES string of the molecule is Cn1ccnc1Sc1ccccc1NC(=O)c1cccc2c1OCCO2. The third kappa shape index (κ3) is 3.25. The van der Waals surface area contributed by atoms with Gasteiger partial charge in [-0.2, -0.15) is 0 Å². The molecule has 1 aliphatic heterocycles. The Morgan fingerprint density at radius 1 is 1.15 bits per heavy atom. The number of hydrogen-bond donors (Lipinski definition) is 1. The first-order chi connectivity index (χ1) is 12.7. The van der Waals surface area contributed by atoms with Gasteiger partial charge < -0.3 is 19.4 Å². The molecule has 132 valence electrons. The fraction of sp³-hybridized carbons (Fsp3) is 0.158. The molecule has 0 saturated carbocycles. The van der Waals surface area contributed by atoms with Gasteiger partial charge in [-0.1, -0.05) is 18.2 Å². The third-order valence-electron chi connectivity index (χ3n) is 3.92. The highest BCUT2D eigenvalue weighted by Gasteiger charge is 2.21. The Hall–Kier alpha value is -2.93. The molecular formula is C19H17N3O3S. The molecule has 0 fully saturated rings. The minimum absolute atomic E-state index is 0.236. The highest BCUT2D eigenvalue weighted by atomic mass is 32.2. The highest BCUT2D eigenvalue weighted by Crippen LogP contribution is 2.36. The number of benzene rings is 2. The topological polar surface area (TPSA) is 65.4 Å². The van der Waals surface area contributed by atoms with Gasteiger partial charge in [0.15, 0.2) is 16.7 Å². The lowest BCUT2D eigenvalue weighted by molar-refractivity contribution is 0.101. The standard InChI is InChI=1S/C19H17N3O3S/c1-22-10-9-20-19(22)26-16-8-3-2-6-14(16)21-18(23)13-5-4-7-15-17(13)25-12-11-24-15/h2-10H,11-12H2,1H3,(H,21,23). The third-order valence-corrected chi connectivity index (χ3v) is 5.08. The molecular weight excluding hydrogens is 350 g/mol. The monoisotopic (exact) mass is 367 g/mol. The molecule has 4 rings (SSSR count). The molecule has 7 heteroatoms. The number of amides is 1. The number of nitrogens with zero attached hydrogens (tertiary/aromatic N) is 2. The number of fused-ring (bicyclic) bond motifs is 1. The number of aromatic nitrogens is 2. The number of para-hydroxylation sites is 2. The molecule has 0 unspecified atom stereocenters. The van der Waals surface area contributed by atoms with Gasteiger partial charge in [-0.25, -0.2) is 4.98 Å². The summed E-state index contributed by atoms with van der Waals surface area (Å²) in [6, 6.07) is 13.0. The van der Waals surface area contributed by atoms with Crippen molar-refractivity contribution in [1.82, 2.24) is 9.55 Å². The maximum Gasteiger partial charge on any atom is 0.259 e. The van der Waals surface area contributed by atoms with Crippen molar-refractivity contribution in [2.24, 2.45) is 7.05 Å². The van der Waals surface area contributed by atoms with Crippen molar-refractivity contribution in [3.8, 4) is 11.5 Å². The van der Waals surface area contributed by atoms with Gasteiger partial charge >= 0.3 is 0 Å². The minimum atomic E-state index is -0.236.